The lowest BCUT2D eigenvalue weighted by atomic mass is 10.0. The monoisotopic (exact) mass is 216 g/mol. The van der Waals surface area contributed by atoms with Gasteiger partial charge in [-0.3, -0.25) is 0 Å². The average Bonchev–Trinajstić information content (AvgIpc) is 2.33. The summed E-state index contributed by atoms with van der Waals surface area (Å²) in [6.07, 6.45) is -4.08. The number of carbonyl (C=O) groups excluding carboxylic acids is 1. The van der Waals surface area contributed by atoms with Gasteiger partial charge in [0, 0.05) is 11.6 Å². The van der Waals surface area contributed by atoms with Crippen LogP contribution in [0.1, 0.15) is 25.7 Å². The summed E-state index contributed by atoms with van der Waals surface area (Å²) < 4.78 is 41.5. The molecule has 0 atom stereocenters. The Bertz CT molecular complexity index is 208. The number of alkyl halides is 3. The number of ether oxygens (including phenoxy) is 1. The summed E-state index contributed by atoms with van der Waals surface area (Å²) in [4.78, 5) is 10.3. The van der Waals surface area contributed by atoms with Crippen molar-refractivity contribution in [2.24, 2.45) is 0 Å². The van der Waals surface area contributed by atoms with Crippen LogP contribution in [0.3, 0.4) is 0 Å². The predicted octanol–water partition coefficient (Wildman–Crippen LogP) is 3.24. The minimum atomic E-state index is -4.52. The van der Waals surface area contributed by atoms with Crippen molar-refractivity contribution in [2.75, 3.05) is 0 Å². The van der Waals surface area contributed by atoms with Crippen LogP contribution in [0.4, 0.5) is 18.0 Å². The molecule has 6 heteroatoms. The van der Waals surface area contributed by atoms with E-state index in [1.807, 2.05) is 0 Å². The Morgan fingerprint density at radius 2 is 1.77 bits per heavy atom. The van der Waals surface area contributed by atoms with Gasteiger partial charge in [0.25, 0.3) is 0 Å². The molecule has 1 aliphatic rings. The largest absolute Gasteiger partial charge is 0.437 e. The maximum atomic E-state index is 12.4. The van der Waals surface area contributed by atoms with Gasteiger partial charge in [-0.05, 0) is 25.7 Å². The lowest BCUT2D eigenvalue weighted by molar-refractivity contribution is -0.253. The van der Waals surface area contributed by atoms with Gasteiger partial charge in [-0.1, -0.05) is 0 Å². The normalized spacial score (nSPS) is 21.5. The zero-order chi connectivity index (χ0) is 10.1. The van der Waals surface area contributed by atoms with E-state index in [0.29, 0.717) is 12.8 Å². The molecule has 0 aromatic rings. The van der Waals surface area contributed by atoms with Crippen LogP contribution in [0.2, 0.25) is 0 Å². The lowest BCUT2D eigenvalue weighted by Gasteiger charge is -2.29. The van der Waals surface area contributed by atoms with Gasteiger partial charge in [-0.15, -0.1) is 0 Å². The average molecular weight is 217 g/mol. The van der Waals surface area contributed by atoms with Crippen LogP contribution in [0.25, 0.3) is 0 Å². The molecule has 0 spiro atoms. The van der Waals surface area contributed by atoms with E-state index in [1.165, 1.54) is 0 Å². The number of halogens is 4. The van der Waals surface area contributed by atoms with E-state index in [2.05, 4.69) is 4.74 Å². The van der Waals surface area contributed by atoms with Crippen molar-refractivity contribution in [3.8, 4) is 0 Å². The summed E-state index contributed by atoms with van der Waals surface area (Å²) in [5, 5.41) is 0. The number of rotatable bonds is 1. The topological polar surface area (TPSA) is 26.3 Å². The molecule has 0 aliphatic heterocycles. The van der Waals surface area contributed by atoms with E-state index in [4.69, 9.17) is 11.6 Å². The first-order valence-corrected chi connectivity index (χ1v) is 4.20. The molecule has 1 saturated carbocycles. The Kier molecular flexibility index (Phi) is 2.75. The van der Waals surface area contributed by atoms with E-state index in [0.717, 1.165) is 0 Å². The molecule has 0 aromatic carbocycles. The molecule has 1 aliphatic carbocycles. The van der Waals surface area contributed by atoms with Crippen LogP contribution in [0.5, 0.6) is 0 Å². The molecule has 13 heavy (non-hydrogen) atoms. The second-order valence-corrected chi connectivity index (χ2v) is 3.35. The molecule has 0 heterocycles. The summed E-state index contributed by atoms with van der Waals surface area (Å²) in [6.45, 7) is 0. The fourth-order valence-electron chi connectivity index (χ4n) is 1.54. The van der Waals surface area contributed by atoms with Crippen LogP contribution in [-0.4, -0.2) is 17.2 Å². The van der Waals surface area contributed by atoms with Crippen LogP contribution in [0, 0.1) is 0 Å². The highest BCUT2D eigenvalue weighted by atomic mass is 35.5. The van der Waals surface area contributed by atoms with Crippen molar-refractivity contribution in [1.29, 1.82) is 0 Å². The molecular weight excluding hydrogens is 209 g/mol. The Labute approximate surface area is 78.0 Å². The minimum absolute atomic E-state index is 0.186. The fourth-order valence-corrected chi connectivity index (χ4v) is 1.69. The van der Waals surface area contributed by atoms with Crippen LogP contribution < -0.4 is 0 Å². The maximum Gasteiger partial charge on any atom is 0.428 e. The second kappa shape index (κ2) is 3.36. The van der Waals surface area contributed by atoms with E-state index in [1.54, 1.807) is 0 Å². The van der Waals surface area contributed by atoms with Gasteiger partial charge in [0.1, 0.15) is 0 Å². The minimum Gasteiger partial charge on any atom is -0.437 e. The van der Waals surface area contributed by atoms with Gasteiger partial charge in [0.15, 0.2) is 0 Å². The first kappa shape index (κ1) is 10.6. The van der Waals surface area contributed by atoms with Crippen LogP contribution in [-0.2, 0) is 4.74 Å². The number of hydrogen-bond donors (Lipinski definition) is 0. The molecule has 76 valence electrons. The van der Waals surface area contributed by atoms with Crippen molar-refractivity contribution in [3.63, 3.8) is 0 Å². The summed E-state index contributed by atoms with van der Waals surface area (Å²) in [6, 6.07) is 0. The molecule has 0 radical (unpaired) electrons. The molecular formula is C7H8ClF3O2. The SMILES string of the molecule is O=C(Cl)OC1(C(F)(F)F)CCCC1. The summed E-state index contributed by atoms with van der Waals surface area (Å²) >= 11 is 4.79. The van der Waals surface area contributed by atoms with Gasteiger partial charge in [0.2, 0.25) is 5.60 Å². The molecule has 0 saturated heterocycles. The molecule has 0 amide bonds. The smallest absolute Gasteiger partial charge is 0.428 e. The summed E-state index contributed by atoms with van der Waals surface area (Å²) in [5.74, 6) is 0. The Morgan fingerprint density at radius 3 is 2.08 bits per heavy atom. The summed E-state index contributed by atoms with van der Waals surface area (Å²) in [7, 11) is 0. The van der Waals surface area contributed by atoms with Gasteiger partial charge in [-0.2, -0.15) is 13.2 Å². The predicted molar refractivity (Wildman–Crippen MR) is 39.6 cm³/mol. The molecule has 1 rings (SSSR count). The van der Waals surface area contributed by atoms with Crippen molar-refractivity contribution in [1.82, 2.24) is 0 Å². The molecule has 0 N–H and O–H groups in total. The number of hydrogen-bond acceptors (Lipinski definition) is 2. The van der Waals surface area contributed by atoms with Gasteiger partial charge in [-0.25, -0.2) is 4.79 Å². The zero-order valence-electron chi connectivity index (χ0n) is 6.66. The van der Waals surface area contributed by atoms with Gasteiger partial charge >= 0.3 is 11.6 Å². The molecule has 0 aromatic heterocycles. The van der Waals surface area contributed by atoms with E-state index >= 15 is 0 Å². The first-order chi connectivity index (χ1) is 5.87. The third kappa shape index (κ3) is 2.07. The van der Waals surface area contributed by atoms with Gasteiger partial charge in [0.05, 0.1) is 0 Å². The molecule has 2 nitrogen and oxygen atoms in total. The molecule has 1 fully saturated rings. The standard InChI is InChI=1S/C7H8ClF3O2/c8-5(12)13-6(7(9,10)11)3-1-2-4-6/h1-4H2. The fraction of sp³-hybridized carbons (Fsp3) is 0.857. The van der Waals surface area contributed by atoms with E-state index < -0.39 is 17.2 Å². The van der Waals surface area contributed by atoms with E-state index in [-0.39, 0.29) is 12.8 Å². The van der Waals surface area contributed by atoms with Crippen LogP contribution >= 0.6 is 11.6 Å². The third-order valence-corrected chi connectivity index (χ3v) is 2.28. The maximum absolute atomic E-state index is 12.4. The van der Waals surface area contributed by atoms with Crippen molar-refractivity contribution < 1.29 is 22.7 Å². The highest BCUT2D eigenvalue weighted by Gasteiger charge is 2.59. The quantitative estimate of drug-likeness (QED) is 0.629. The second-order valence-electron chi connectivity index (χ2n) is 3.04. The highest BCUT2D eigenvalue weighted by molar-refractivity contribution is 6.61. The van der Waals surface area contributed by atoms with Crippen molar-refractivity contribution in [3.05, 3.63) is 0 Å². The van der Waals surface area contributed by atoms with E-state index in [9.17, 15) is 18.0 Å². The van der Waals surface area contributed by atoms with Crippen molar-refractivity contribution in [2.45, 2.75) is 37.5 Å². The Hall–Kier alpha value is -0.450. The van der Waals surface area contributed by atoms with Crippen LogP contribution in [0.15, 0.2) is 0 Å². The van der Waals surface area contributed by atoms with Crippen molar-refractivity contribution >= 4 is 17.0 Å². The Morgan fingerprint density at radius 1 is 1.31 bits per heavy atom. The number of carbonyl (C=O) groups is 1. The molecule has 0 unspecified atom stereocenters. The van der Waals surface area contributed by atoms with Gasteiger partial charge < -0.3 is 4.74 Å². The first-order valence-electron chi connectivity index (χ1n) is 3.83. The Balaban J connectivity index is 2.81. The third-order valence-electron chi connectivity index (χ3n) is 2.20. The molecule has 0 bridgehead atoms. The highest BCUT2D eigenvalue weighted by Crippen LogP contribution is 2.46. The zero-order valence-corrected chi connectivity index (χ0v) is 7.41. The lowest BCUT2D eigenvalue weighted by Crippen LogP contribution is -2.45. The summed E-state index contributed by atoms with van der Waals surface area (Å²) in [5.41, 5.74) is -3.72.